The van der Waals surface area contributed by atoms with Crippen LogP contribution in [0.15, 0.2) is 48.7 Å². The summed E-state index contributed by atoms with van der Waals surface area (Å²) in [7, 11) is 2.64. The van der Waals surface area contributed by atoms with Gasteiger partial charge in [0.2, 0.25) is 11.8 Å². The minimum absolute atomic E-state index is 0.0574. The highest BCUT2D eigenvalue weighted by atomic mass is 16.5. The second-order valence-electron chi connectivity index (χ2n) is 15.2. The number of nitrogens with zero attached hydrogens (tertiary/aromatic N) is 4. The van der Waals surface area contributed by atoms with E-state index in [0.29, 0.717) is 38.8 Å². The number of alkyl carbamates (subject to hydrolysis) is 2. The first-order valence-corrected chi connectivity index (χ1v) is 19.2. The molecule has 4 aliphatic rings. The van der Waals surface area contributed by atoms with Crippen LogP contribution >= 0.6 is 0 Å². The molecule has 2 saturated carbocycles. The van der Waals surface area contributed by atoms with E-state index in [0.717, 1.165) is 96.4 Å². The van der Waals surface area contributed by atoms with E-state index < -0.39 is 23.3 Å². The van der Waals surface area contributed by atoms with E-state index in [9.17, 15) is 19.2 Å². The van der Waals surface area contributed by atoms with E-state index >= 15 is 0 Å². The molecule has 4 fully saturated rings. The predicted molar refractivity (Wildman–Crippen MR) is 200 cm³/mol. The number of carbonyl (C=O) groups excluding carboxylic acids is 4. The van der Waals surface area contributed by atoms with Crippen LogP contribution in [0.2, 0.25) is 0 Å². The highest BCUT2D eigenvalue weighted by molar-refractivity contribution is 5.92. The van der Waals surface area contributed by atoms with Gasteiger partial charge in [-0.05, 0) is 80.2 Å². The highest BCUT2D eigenvalue weighted by Gasteiger charge is 2.49. The number of benzene rings is 2. The van der Waals surface area contributed by atoms with Crippen molar-refractivity contribution >= 4 is 35.0 Å². The Kier molecular flexibility index (Phi) is 9.53. The summed E-state index contributed by atoms with van der Waals surface area (Å²) in [6, 6.07) is 14.0. The van der Waals surface area contributed by atoms with Gasteiger partial charge in [0.25, 0.3) is 0 Å². The molecule has 0 bridgehead atoms. The molecule has 14 nitrogen and oxygen atoms in total. The van der Waals surface area contributed by atoms with Gasteiger partial charge in [-0.15, -0.1) is 0 Å². The van der Waals surface area contributed by atoms with Crippen LogP contribution in [-0.2, 0) is 19.1 Å². The van der Waals surface area contributed by atoms with Crippen LogP contribution < -0.4 is 10.6 Å². The van der Waals surface area contributed by atoms with Crippen LogP contribution in [-0.4, -0.2) is 92.1 Å². The van der Waals surface area contributed by atoms with Crippen molar-refractivity contribution in [3.05, 3.63) is 60.3 Å². The summed E-state index contributed by atoms with van der Waals surface area (Å²) in [6.45, 7) is 1.24. The molecule has 4 amide bonds. The Bertz CT molecular complexity index is 2040. The number of aromatic amines is 2. The average molecular weight is 737 g/mol. The summed E-state index contributed by atoms with van der Waals surface area (Å²) in [5, 5.41) is 5.75. The Morgan fingerprint density at radius 2 is 1.20 bits per heavy atom. The normalized spacial score (nSPS) is 21.7. The number of hydrogen-bond donors (Lipinski definition) is 4. The fourth-order valence-electron chi connectivity index (χ4n) is 9.23. The molecule has 0 unspecified atom stereocenters. The molecule has 2 saturated heterocycles. The monoisotopic (exact) mass is 736 g/mol. The Morgan fingerprint density at radius 3 is 1.76 bits per heavy atom. The van der Waals surface area contributed by atoms with E-state index in [1.807, 2.05) is 22.1 Å². The van der Waals surface area contributed by atoms with Gasteiger partial charge in [-0.25, -0.2) is 19.6 Å². The maximum absolute atomic E-state index is 14.0. The number of fused-ring (bicyclic) bond motifs is 1. The quantitative estimate of drug-likeness (QED) is 0.163. The first-order chi connectivity index (χ1) is 26.2. The van der Waals surface area contributed by atoms with Gasteiger partial charge >= 0.3 is 12.2 Å². The Morgan fingerprint density at radius 1 is 0.685 bits per heavy atom. The number of hydrogen-bond acceptors (Lipinski definition) is 8. The number of aromatic nitrogens is 4. The summed E-state index contributed by atoms with van der Waals surface area (Å²) in [5.74, 6) is 1.38. The van der Waals surface area contributed by atoms with Crippen molar-refractivity contribution in [2.24, 2.45) is 0 Å². The Balaban J connectivity index is 0.969. The number of carbonyl (C=O) groups is 4. The minimum atomic E-state index is -0.933. The number of nitrogens with one attached hydrogen (secondary N) is 4. The van der Waals surface area contributed by atoms with E-state index in [2.05, 4.69) is 57.0 Å². The zero-order valence-electron chi connectivity index (χ0n) is 30.9. The lowest BCUT2D eigenvalue weighted by Crippen LogP contribution is -2.58. The molecule has 4 N–H and O–H groups in total. The standard InChI is InChI=1S/C40H48N8O6/c1-53-37(51)45-39(17-3-4-18-39)35(49)47-21-7-9-31(47)33-41-24-30(44-33)26-13-11-25(12-14-26)27-15-16-28-29(23-27)43-34(42-28)32-10-8-22-48(32)36(50)40(19-5-6-20-40)46-38(52)54-2/h11-16,23-24,31-32H,3-10,17-22H2,1-2H3,(H,41,44)(H,42,43)(H,45,51)(H,46,52)/t31-,32-/m0/s1. The molecule has 0 spiro atoms. The number of H-pyrrole nitrogens is 2. The van der Waals surface area contributed by atoms with Crippen molar-refractivity contribution in [1.29, 1.82) is 0 Å². The zero-order chi connectivity index (χ0) is 37.5. The average Bonchev–Trinajstić information content (AvgIpc) is 4.05. The third-order valence-corrected chi connectivity index (χ3v) is 12.1. The summed E-state index contributed by atoms with van der Waals surface area (Å²) >= 11 is 0. The largest absolute Gasteiger partial charge is 0.453 e. The molecule has 2 aliphatic carbocycles. The molecule has 2 aliphatic heterocycles. The van der Waals surface area contributed by atoms with Crippen LogP contribution in [0.1, 0.15) is 101 Å². The van der Waals surface area contributed by atoms with Crippen molar-refractivity contribution < 1.29 is 28.7 Å². The van der Waals surface area contributed by atoms with E-state index in [1.54, 1.807) is 0 Å². The fourth-order valence-corrected chi connectivity index (χ4v) is 9.23. The molecule has 54 heavy (non-hydrogen) atoms. The second-order valence-corrected chi connectivity index (χ2v) is 15.2. The van der Waals surface area contributed by atoms with E-state index in [-0.39, 0.29) is 23.9 Å². The number of likely N-dealkylation sites (tertiary alicyclic amines) is 2. The van der Waals surface area contributed by atoms with Crippen LogP contribution in [0.25, 0.3) is 33.4 Å². The molecule has 0 radical (unpaired) electrons. The molecular formula is C40H48N8O6. The molecule has 4 aromatic rings. The lowest BCUT2D eigenvalue weighted by atomic mass is 9.95. The van der Waals surface area contributed by atoms with Crippen molar-refractivity contribution in [2.75, 3.05) is 27.3 Å². The van der Waals surface area contributed by atoms with Crippen LogP contribution in [0.5, 0.6) is 0 Å². The molecule has 14 heteroatoms. The first-order valence-electron chi connectivity index (χ1n) is 19.2. The maximum Gasteiger partial charge on any atom is 0.407 e. The van der Waals surface area contributed by atoms with Gasteiger partial charge in [-0.3, -0.25) is 9.59 Å². The topological polar surface area (TPSA) is 175 Å². The van der Waals surface area contributed by atoms with Gasteiger partial charge in [0.05, 0.1) is 49.2 Å². The van der Waals surface area contributed by atoms with Crippen LogP contribution in [0, 0.1) is 0 Å². The van der Waals surface area contributed by atoms with Gasteiger partial charge in [0.1, 0.15) is 22.7 Å². The minimum Gasteiger partial charge on any atom is -0.453 e. The number of imidazole rings is 2. The van der Waals surface area contributed by atoms with Crippen molar-refractivity contribution in [3.8, 4) is 22.4 Å². The summed E-state index contributed by atoms with van der Waals surface area (Å²) in [6.07, 6.45) is 9.93. The summed E-state index contributed by atoms with van der Waals surface area (Å²) < 4.78 is 9.73. The van der Waals surface area contributed by atoms with E-state index in [1.165, 1.54) is 14.2 Å². The smallest absolute Gasteiger partial charge is 0.407 e. The highest BCUT2D eigenvalue weighted by Crippen LogP contribution is 2.40. The van der Waals surface area contributed by atoms with Gasteiger partial charge in [0.15, 0.2) is 0 Å². The number of amides is 4. The molecule has 8 rings (SSSR count). The second kappa shape index (κ2) is 14.4. The summed E-state index contributed by atoms with van der Waals surface area (Å²) in [5.41, 5.74) is 3.77. The molecule has 4 heterocycles. The predicted octanol–water partition coefficient (Wildman–Crippen LogP) is 6.28. The lowest BCUT2D eigenvalue weighted by Gasteiger charge is -2.35. The molecule has 2 atom stereocenters. The molecular weight excluding hydrogens is 688 g/mol. The lowest BCUT2D eigenvalue weighted by molar-refractivity contribution is -0.139. The van der Waals surface area contributed by atoms with Gasteiger partial charge in [0, 0.05) is 13.1 Å². The van der Waals surface area contributed by atoms with Gasteiger partial charge in [-0.1, -0.05) is 56.0 Å². The number of methoxy groups -OCH3 is 2. The third kappa shape index (κ3) is 6.45. The van der Waals surface area contributed by atoms with Gasteiger partial charge < -0.3 is 39.9 Å². The number of rotatable bonds is 8. The number of ether oxygens (including phenoxy) is 2. The summed E-state index contributed by atoms with van der Waals surface area (Å²) in [4.78, 5) is 72.7. The van der Waals surface area contributed by atoms with Crippen molar-refractivity contribution in [2.45, 2.75) is 100 Å². The van der Waals surface area contributed by atoms with Crippen molar-refractivity contribution in [1.82, 2.24) is 40.4 Å². The van der Waals surface area contributed by atoms with Crippen LogP contribution in [0.3, 0.4) is 0 Å². The third-order valence-electron chi connectivity index (χ3n) is 12.1. The molecule has 2 aromatic heterocycles. The van der Waals surface area contributed by atoms with E-state index in [4.69, 9.17) is 19.4 Å². The Hall–Kier alpha value is -5.40. The SMILES string of the molecule is COC(=O)NC1(C(=O)N2CCC[C@H]2c2ncc(-c3ccc(-c4ccc5nc([C@@H]6CCCN6C(=O)C6(NC(=O)OC)CCCC6)[nH]c5c4)cc3)[nH]2)CCCC1. The zero-order valence-corrected chi connectivity index (χ0v) is 30.9. The first kappa shape index (κ1) is 35.6. The maximum atomic E-state index is 14.0. The Labute approximate surface area is 313 Å². The fraction of sp³-hybridized carbons (Fsp3) is 0.500. The molecule has 284 valence electrons. The molecule has 2 aromatic carbocycles. The van der Waals surface area contributed by atoms with Crippen molar-refractivity contribution in [3.63, 3.8) is 0 Å². The van der Waals surface area contributed by atoms with Crippen LogP contribution in [0.4, 0.5) is 9.59 Å². The van der Waals surface area contributed by atoms with Gasteiger partial charge in [-0.2, -0.15) is 0 Å².